The molecule has 0 radical (unpaired) electrons. The lowest BCUT2D eigenvalue weighted by atomic mass is 10.0. The SMILES string of the molecule is CCCCCCCCCCCc1ccc(S(=O)(=O)O)c(Oc2ccc(O)cc2)c1. The third-order valence-corrected chi connectivity index (χ3v) is 5.81. The van der Waals surface area contributed by atoms with Gasteiger partial charge >= 0.3 is 0 Å². The molecule has 0 spiro atoms. The van der Waals surface area contributed by atoms with Crippen molar-refractivity contribution in [1.82, 2.24) is 0 Å². The summed E-state index contributed by atoms with van der Waals surface area (Å²) < 4.78 is 38.5. The van der Waals surface area contributed by atoms with Gasteiger partial charge in [-0.05, 0) is 54.8 Å². The first kappa shape index (κ1) is 23.2. The largest absolute Gasteiger partial charge is 0.508 e. The van der Waals surface area contributed by atoms with Gasteiger partial charge in [-0.1, -0.05) is 64.4 Å². The summed E-state index contributed by atoms with van der Waals surface area (Å²) in [5.41, 5.74) is 0.967. The summed E-state index contributed by atoms with van der Waals surface area (Å²) in [6, 6.07) is 10.8. The Kier molecular flexibility index (Phi) is 9.48. The zero-order chi connectivity index (χ0) is 21.1. The first-order valence-electron chi connectivity index (χ1n) is 10.5. The van der Waals surface area contributed by atoms with Crippen molar-refractivity contribution in [2.45, 2.75) is 76.0 Å². The van der Waals surface area contributed by atoms with Crippen molar-refractivity contribution in [3.8, 4) is 17.2 Å². The molecule has 0 fully saturated rings. The molecule has 160 valence electrons. The molecule has 0 saturated carbocycles. The minimum absolute atomic E-state index is 0.0893. The van der Waals surface area contributed by atoms with Gasteiger partial charge in [0.1, 0.15) is 22.1 Å². The van der Waals surface area contributed by atoms with E-state index in [2.05, 4.69) is 6.92 Å². The number of aromatic hydroxyl groups is 1. The molecule has 6 heteroatoms. The number of phenolic OH excluding ortho intramolecular Hbond substituents is 1. The second kappa shape index (κ2) is 11.8. The van der Waals surface area contributed by atoms with Crippen molar-refractivity contribution in [2.24, 2.45) is 0 Å². The van der Waals surface area contributed by atoms with Crippen LogP contribution in [0.25, 0.3) is 0 Å². The summed E-state index contributed by atoms with van der Waals surface area (Å²) in [7, 11) is -4.40. The number of hydrogen-bond acceptors (Lipinski definition) is 4. The van der Waals surface area contributed by atoms with Crippen LogP contribution in [0.5, 0.6) is 17.2 Å². The smallest absolute Gasteiger partial charge is 0.298 e. The molecule has 29 heavy (non-hydrogen) atoms. The molecule has 2 aromatic carbocycles. The normalized spacial score (nSPS) is 11.5. The van der Waals surface area contributed by atoms with Gasteiger partial charge in [0.2, 0.25) is 0 Å². The molecule has 2 N–H and O–H groups in total. The summed E-state index contributed by atoms with van der Waals surface area (Å²) in [6.45, 7) is 2.23. The van der Waals surface area contributed by atoms with Gasteiger partial charge in [-0.25, -0.2) is 0 Å². The van der Waals surface area contributed by atoms with Crippen LogP contribution >= 0.6 is 0 Å². The number of benzene rings is 2. The van der Waals surface area contributed by atoms with Crippen molar-refractivity contribution < 1.29 is 22.8 Å². The highest BCUT2D eigenvalue weighted by molar-refractivity contribution is 7.86. The third kappa shape index (κ3) is 8.46. The summed E-state index contributed by atoms with van der Waals surface area (Å²) in [6.07, 6.45) is 12.0. The topological polar surface area (TPSA) is 83.8 Å². The Labute approximate surface area is 174 Å². The molecule has 0 bridgehead atoms. The van der Waals surface area contributed by atoms with Crippen LogP contribution in [0.3, 0.4) is 0 Å². The molecule has 0 aliphatic heterocycles. The molecule has 0 heterocycles. The van der Waals surface area contributed by atoms with E-state index in [9.17, 15) is 18.1 Å². The number of rotatable bonds is 13. The van der Waals surface area contributed by atoms with Gasteiger partial charge in [0, 0.05) is 0 Å². The van der Waals surface area contributed by atoms with Crippen molar-refractivity contribution >= 4 is 10.1 Å². The molecule has 0 unspecified atom stereocenters. The maximum Gasteiger partial charge on any atom is 0.298 e. The lowest BCUT2D eigenvalue weighted by molar-refractivity contribution is 0.445. The molecule has 2 rings (SSSR count). The van der Waals surface area contributed by atoms with Crippen LogP contribution in [0.2, 0.25) is 0 Å². The van der Waals surface area contributed by atoms with Gasteiger partial charge in [-0.15, -0.1) is 0 Å². The quantitative estimate of drug-likeness (QED) is 0.285. The van der Waals surface area contributed by atoms with Crippen LogP contribution in [0.1, 0.15) is 70.3 Å². The zero-order valence-corrected chi connectivity index (χ0v) is 18.0. The molecule has 0 aromatic heterocycles. The van der Waals surface area contributed by atoms with E-state index in [0.717, 1.165) is 24.8 Å². The number of ether oxygens (including phenoxy) is 1. The van der Waals surface area contributed by atoms with Crippen LogP contribution in [0.15, 0.2) is 47.4 Å². The van der Waals surface area contributed by atoms with Crippen molar-refractivity contribution in [2.75, 3.05) is 0 Å². The molecule has 2 aromatic rings. The van der Waals surface area contributed by atoms with Gasteiger partial charge in [-0.2, -0.15) is 8.42 Å². The summed E-state index contributed by atoms with van der Waals surface area (Å²) in [5.74, 6) is 0.561. The fourth-order valence-corrected chi connectivity index (χ4v) is 3.88. The van der Waals surface area contributed by atoms with E-state index in [1.165, 1.54) is 75.3 Å². The highest BCUT2D eigenvalue weighted by atomic mass is 32.2. The molecule has 0 saturated heterocycles. The van der Waals surface area contributed by atoms with Gasteiger partial charge in [0.25, 0.3) is 10.1 Å². The molecule has 5 nitrogen and oxygen atoms in total. The van der Waals surface area contributed by atoms with Gasteiger partial charge < -0.3 is 9.84 Å². The molecule has 0 aliphatic carbocycles. The summed E-state index contributed by atoms with van der Waals surface area (Å²) in [5, 5.41) is 9.37. The molecular formula is C23H32O5S. The van der Waals surface area contributed by atoms with E-state index in [1.54, 1.807) is 12.1 Å². The number of hydrogen-bond donors (Lipinski definition) is 2. The lowest BCUT2D eigenvalue weighted by Crippen LogP contribution is -2.02. The van der Waals surface area contributed by atoms with Crippen LogP contribution in [0, 0.1) is 0 Å². The monoisotopic (exact) mass is 420 g/mol. The van der Waals surface area contributed by atoms with Gasteiger partial charge in [0.05, 0.1) is 0 Å². The van der Waals surface area contributed by atoms with Gasteiger partial charge in [0.15, 0.2) is 0 Å². The number of unbranched alkanes of at least 4 members (excludes halogenated alkanes) is 8. The molecule has 0 atom stereocenters. The van der Waals surface area contributed by atoms with Crippen molar-refractivity contribution in [3.05, 3.63) is 48.0 Å². The first-order chi connectivity index (χ1) is 13.9. The van der Waals surface area contributed by atoms with E-state index in [-0.39, 0.29) is 16.4 Å². The van der Waals surface area contributed by atoms with Gasteiger partial charge in [-0.3, -0.25) is 4.55 Å². The average Bonchev–Trinajstić information content (AvgIpc) is 2.68. The van der Waals surface area contributed by atoms with Crippen LogP contribution in [-0.2, 0) is 16.5 Å². The highest BCUT2D eigenvalue weighted by Crippen LogP contribution is 2.31. The lowest BCUT2D eigenvalue weighted by Gasteiger charge is -2.12. The van der Waals surface area contributed by atoms with E-state index in [0.29, 0.717) is 5.75 Å². The van der Waals surface area contributed by atoms with E-state index >= 15 is 0 Å². The fraction of sp³-hybridized carbons (Fsp3) is 0.478. The summed E-state index contributed by atoms with van der Waals surface area (Å²) in [4.78, 5) is -0.263. The Balaban J connectivity index is 1.91. The average molecular weight is 421 g/mol. The number of aryl methyl sites for hydroxylation is 1. The number of phenols is 1. The fourth-order valence-electron chi connectivity index (χ4n) is 3.28. The minimum Gasteiger partial charge on any atom is -0.508 e. The Bertz CT molecular complexity index is 844. The van der Waals surface area contributed by atoms with Crippen molar-refractivity contribution in [3.63, 3.8) is 0 Å². The van der Waals surface area contributed by atoms with E-state index < -0.39 is 10.1 Å². The molecular weight excluding hydrogens is 388 g/mol. The Morgan fingerprint density at radius 1 is 0.828 bits per heavy atom. The van der Waals surface area contributed by atoms with Crippen LogP contribution in [-0.4, -0.2) is 18.1 Å². The van der Waals surface area contributed by atoms with Crippen molar-refractivity contribution in [1.29, 1.82) is 0 Å². The van der Waals surface area contributed by atoms with Crippen LogP contribution < -0.4 is 4.74 Å². The van der Waals surface area contributed by atoms with E-state index in [4.69, 9.17) is 4.74 Å². The second-order valence-corrected chi connectivity index (χ2v) is 8.82. The highest BCUT2D eigenvalue weighted by Gasteiger charge is 2.18. The Morgan fingerprint density at radius 2 is 1.41 bits per heavy atom. The predicted octanol–water partition coefficient (Wildman–Crippen LogP) is 6.50. The zero-order valence-electron chi connectivity index (χ0n) is 17.1. The standard InChI is InChI=1S/C23H32O5S/c1-2-3-4-5-6-7-8-9-10-11-19-12-17-23(29(25,26)27)22(18-19)28-21-15-13-20(24)14-16-21/h12-18,24H,2-11H2,1H3,(H,25,26,27). The Morgan fingerprint density at radius 3 is 2.00 bits per heavy atom. The molecule has 0 aliphatic rings. The maximum atomic E-state index is 11.7. The van der Waals surface area contributed by atoms with Crippen LogP contribution in [0.4, 0.5) is 0 Å². The first-order valence-corrected chi connectivity index (χ1v) is 11.9. The maximum absolute atomic E-state index is 11.7. The molecule has 0 amide bonds. The Hall–Kier alpha value is -2.05. The predicted molar refractivity (Wildman–Crippen MR) is 115 cm³/mol. The van der Waals surface area contributed by atoms with E-state index in [1.807, 2.05) is 0 Å². The summed E-state index contributed by atoms with van der Waals surface area (Å²) >= 11 is 0. The third-order valence-electron chi connectivity index (χ3n) is 4.92. The second-order valence-electron chi connectivity index (χ2n) is 7.43. The minimum atomic E-state index is -4.40.